The van der Waals surface area contributed by atoms with E-state index >= 15 is 0 Å². The van der Waals surface area contributed by atoms with E-state index in [-0.39, 0.29) is 17.7 Å². The number of amides is 2. The fourth-order valence-corrected chi connectivity index (χ4v) is 5.21. The summed E-state index contributed by atoms with van der Waals surface area (Å²) in [4.78, 5) is 28.0. The predicted molar refractivity (Wildman–Crippen MR) is 126 cm³/mol. The first-order valence-corrected chi connectivity index (χ1v) is 11.3. The third-order valence-corrected chi connectivity index (χ3v) is 6.94. The Morgan fingerprint density at radius 3 is 2.47 bits per heavy atom. The maximum absolute atomic E-state index is 13.2. The number of aromatic amines is 1. The number of aromatic nitrogens is 1. The summed E-state index contributed by atoms with van der Waals surface area (Å²) in [5.41, 5.74) is 2.01. The van der Waals surface area contributed by atoms with Gasteiger partial charge in [0.05, 0.1) is 0 Å². The Balaban J connectivity index is 1.47. The molecule has 0 radical (unpaired) electrons. The summed E-state index contributed by atoms with van der Waals surface area (Å²) < 4.78 is 0. The van der Waals surface area contributed by atoms with Crippen LogP contribution < -0.4 is 10.6 Å². The fraction of sp³-hybridized carbons (Fsp3) is 0.385. The number of hydrogen-bond acceptors (Lipinski definition) is 2. The lowest BCUT2D eigenvalue weighted by Gasteiger charge is -2.32. The van der Waals surface area contributed by atoms with Gasteiger partial charge in [-0.2, -0.15) is 0 Å². The number of rotatable bonds is 8. The topological polar surface area (TPSA) is 94.2 Å². The monoisotopic (exact) mass is 433 g/mol. The molecule has 0 saturated heterocycles. The molecule has 6 nitrogen and oxygen atoms in total. The van der Waals surface area contributed by atoms with Crippen molar-refractivity contribution in [3.8, 4) is 0 Å². The van der Waals surface area contributed by atoms with Gasteiger partial charge in [-0.05, 0) is 48.8 Å². The molecule has 0 bridgehead atoms. The zero-order valence-corrected chi connectivity index (χ0v) is 18.5. The third kappa shape index (κ3) is 4.49. The summed E-state index contributed by atoms with van der Waals surface area (Å²) in [7, 11) is 0. The van der Waals surface area contributed by atoms with Crippen LogP contribution in [0.2, 0.25) is 0 Å². The Morgan fingerprint density at radius 2 is 1.75 bits per heavy atom. The highest BCUT2D eigenvalue weighted by atomic mass is 16.4. The second-order valence-corrected chi connectivity index (χ2v) is 9.16. The maximum Gasteiger partial charge on any atom is 0.405 e. The molecular formula is C26H31N3O3. The van der Waals surface area contributed by atoms with Gasteiger partial charge >= 0.3 is 6.09 Å². The number of nitrogens with one attached hydrogen (secondary N) is 3. The molecule has 1 aliphatic carbocycles. The highest BCUT2D eigenvalue weighted by Crippen LogP contribution is 2.43. The number of carbonyl (C=O) groups excluding carboxylic acids is 1. The van der Waals surface area contributed by atoms with Crippen molar-refractivity contribution >= 4 is 22.9 Å². The van der Waals surface area contributed by atoms with Crippen LogP contribution >= 0.6 is 0 Å². The quantitative estimate of drug-likeness (QED) is 0.413. The molecule has 4 N–H and O–H groups in total. The molecule has 3 aromatic rings. The summed E-state index contributed by atoms with van der Waals surface area (Å²) >= 11 is 0. The van der Waals surface area contributed by atoms with E-state index in [1.807, 2.05) is 36.5 Å². The van der Waals surface area contributed by atoms with Crippen molar-refractivity contribution in [3.63, 3.8) is 0 Å². The van der Waals surface area contributed by atoms with E-state index in [0.717, 1.165) is 35.7 Å². The van der Waals surface area contributed by atoms with E-state index in [1.165, 1.54) is 18.4 Å². The minimum atomic E-state index is -1.27. The molecule has 1 atom stereocenters. The first-order valence-electron chi connectivity index (χ1n) is 11.3. The number of H-pyrrole nitrogens is 1. The van der Waals surface area contributed by atoms with Crippen molar-refractivity contribution in [3.05, 3.63) is 71.9 Å². The number of carbonyl (C=O) groups is 2. The Kier molecular flexibility index (Phi) is 6.21. The summed E-state index contributed by atoms with van der Waals surface area (Å²) in [6.07, 6.45) is 6.38. The summed E-state index contributed by atoms with van der Waals surface area (Å²) in [6, 6.07) is 18.4. The van der Waals surface area contributed by atoms with Crippen molar-refractivity contribution in [1.82, 2.24) is 15.6 Å². The van der Waals surface area contributed by atoms with Crippen LogP contribution in [0.3, 0.4) is 0 Å². The molecule has 1 aromatic heterocycles. The van der Waals surface area contributed by atoms with Gasteiger partial charge in [-0.15, -0.1) is 0 Å². The highest BCUT2D eigenvalue weighted by molar-refractivity contribution is 5.91. The van der Waals surface area contributed by atoms with Gasteiger partial charge < -0.3 is 20.7 Å². The molecule has 0 aliphatic heterocycles. The van der Waals surface area contributed by atoms with E-state index in [1.54, 1.807) is 6.92 Å². The van der Waals surface area contributed by atoms with E-state index in [0.29, 0.717) is 6.54 Å². The van der Waals surface area contributed by atoms with Crippen molar-refractivity contribution in [2.45, 2.75) is 56.4 Å². The molecule has 1 fully saturated rings. The molecule has 32 heavy (non-hydrogen) atoms. The molecule has 2 amide bonds. The molecule has 1 saturated carbocycles. The minimum Gasteiger partial charge on any atom is -0.465 e. The Hall–Kier alpha value is -3.28. The number of para-hydroxylation sites is 1. The summed E-state index contributed by atoms with van der Waals surface area (Å²) in [5, 5.41) is 15.9. The van der Waals surface area contributed by atoms with Gasteiger partial charge in [-0.1, -0.05) is 61.4 Å². The van der Waals surface area contributed by atoms with E-state index in [4.69, 9.17) is 0 Å². The smallest absolute Gasteiger partial charge is 0.405 e. The van der Waals surface area contributed by atoms with Gasteiger partial charge in [-0.25, -0.2) is 4.79 Å². The number of hydrogen-bond donors (Lipinski definition) is 4. The van der Waals surface area contributed by atoms with Gasteiger partial charge in [0.1, 0.15) is 5.54 Å². The zero-order valence-electron chi connectivity index (χ0n) is 18.5. The number of benzene rings is 2. The van der Waals surface area contributed by atoms with Crippen LogP contribution in [0.15, 0.2) is 60.8 Å². The molecule has 1 unspecified atom stereocenters. The average Bonchev–Trinajstić information content (AvgIpc) is 3.42. The Labute approximate surface area is 188 Å². The van der Waals surface area contributed by atoms with Crippen LogP contribution in [0, 0.1) is 0 Å². The molecule has 0 spiro atoms. The first-order chi connectivity index (χ1) is 15.4. The predicted octanol–water partition coefficient (Wildman–Crippen LogP) is 4.76. The van der Waals surface area contributed by atoms with Gasteiger partial charge in [0.2, 0.25) is 5.91 Å². The van der Waals surface area contributed by atoms with Crippen LogP contribution in [0.1, 0.15) is 50.2 Å². The van der Waals surface area contributed by atoms with Gasteiger partial charge in [-0.3, -0.25) is 4.79 Å². The zero-order chi connectivity index (χ0) is 22.6. The van der Waals surface area contributed by atoms with Crippen molar-refractivity contribution < 1.29 is 14.7 Å². The van der Waals surface area contributed by atoms with Crippen molar-refractivity contribution in [2.24, 2.45) is 0 Å². The number of fused-ring (bicyclic) bond motifs is 1. The molecule has 2 aromatic carbocycles. The first kappa shape index (κ1) is 21.9. The molecule has 168 valence electrons. The maximum atomic E-state index is 13.2. The minimum absolute atomic E-state index is 0.0853. The van der Waals surface area contributed by atoms with Crippen molar-refractivity contribution in [1.29, 1.82) is 0 Å². The lowest BCUT2D eigenvalue weighted by molar-refractivity contribution is -0.126. The largest absolute Gasteiger partial charge is 0.465 e. The molecule has 6 heteroatoms. The molecule has 1 aliphatic rings. The van der Waals surface area contributed by atoms with Crippen LogP contribution in [0.4, 0.5) is 4.79 Å². The summed E-state index contributed by atoms with van der Waals surface area (Å²) in [6.45, 7) is 2.17. The fourth-order valence-electron chi connectivity index (χ4n) is 5.21. The third-order valence-electron chi connectivity index (χ3n) is 6.94. The highest BCUT2D eigenvalue weighted by Gasteiger charge is 2.38. The van der Waals surface area contributed by atoms with Gasteiger partial charge in [0.25, 0.3) is 0 Å². The normalized spacial score (nSPS) is 17.0. The Bertz CT molecular complexity index is 1090. The van der Waals surface area contributed by atoms with Crippen LogP contribution in [-0.4, -0.2) is 34.2 Å². The Morgan fingerprint density at radius 1 is 1.06 bits per heavy atom. The van der Waals surface area contributed by atoms with Crippen LogP contribution in [-0.2, 0) is 16.6 Å². The molecular weight excluding hydrogens is 402 g/mol. The number of carboxylic acid groups (broad SMARTS) is 1. The van der Waals surface area contributed by atoms with Crippen molar-refractivity contribution in [2.75, 3.05) is 6.54 Å². The average molecular weight is 434 g/mol. The van der Waals surface area contributed by atoms with Crippen LogP contribution in [0.25, 0.3) is 10.9 Å². The lowest BCUT2D eigenvalue weighted by Crippen LogP contribution is -2.58. The lowest BCUT2D eigenvalue weighted by atomic mass is 9.76. The van der Waals surface area contributed by atoms with E-state index < -0.39 is 11.6 Å². The van der Waals surface area contributed by atoms with Gasteiger partial charge in [0.15, 0.2) is 0 Å². The van der Waals surface area contributed by atoms with Gasteiger partial charge in [0, 0.05) is 30.1 Å². The second-order valence-electron chi connectivity index (χ2n) is 9.16. The second kappa shape index (κ2) is 9.07. The van der Waals surface area contributed by atoms with E-state index in [9.17, 15) is 14.7 Å². The SMILES string of the molecule is CC(Cc1c[nH]c2ccccc12)(NC(=O)O)C(=O)NCCC1(c2ccccc2)CCCC1. The standard InChI is InChI=1S/C26H31N3O3/c1-25(29-24(31)32,17-19-18-28-22-12-6-5-11-21(19)22)23(30)27-16-15-26(13-7-8-14-26)20-9-3-2-4-10-20/h2-6,9-12,18,28-29H,7-8,13-17H2,1H3,(H,27,30)(H,31,32). The molecule has 4 rings (SSSR count). The van der Waals surface area contributed by atoms with Crippen LogP contribution in [0.5, 0.6) is 0 Å². The summed E-state index contributed by atoms with van der Waals surface area (Å²) in [5.74, 6) is -0.300. The van der Waals surface area contributed by atoms with E-state index in [2.05, 4.69) is 39.9 Å². The molecule has 1 heterocycles.